The second kappa shape index (κ2) is 5.50. The lowest BCUT2D eigenvalue weighted by atomic mass is 10.1. The number of amides is 1. The van der Waals surface area contributed by atoms with Crippen molar-refractivity contribution in [3.8, 4) is 0 Å². The van der Waals surface area contributed by atoms with Crippen LogP contribution in [0.15, 0.2) is 54.9 Å². The number of fused-ring (bicyclic) bond motifs is 1. The highest BCUT2D eigenvalue weighted by Crippen LogP contribution is 2.23. The van der Waals surface area contributed by atoms with Crippen LogP contribution < -0.4 is 5.32 Å². The number of hydrogen-bond acceptors (Lipinski definition) is 2. The highest BCUT2D eigenvalue weighted by Gasteiger charge is 2.13. The normalized spacial score (nSPS) is 10.6. The number of anilines is 1. The Morgan fingerprint density at radius 3 is 2.90 bits per heavy atom. The number of nitrogens with one attached hydrogen (secondary N) is 1. The topological polar surface area (TPSA) is 42.0 Å². The van der Waals surface area contributed by atoms with Gasteiger partial charge in [-0.3, -0.25) is 9.78 Å². The molecule has 0 atom stereocenters. The van der Waals surface area contributed by atoms with Crippen molar-refractivity contribution in [2.45, 2.75) is 0 Å². The zero-order chi connectivity index (χ0) is 14.8. The summed E-state index contributed by atoms with van der Waals surface area (Å²) >= 11 is 5.80. The zero-order valence-electron chi connectivity index (χ0n) is 10.8. The van der Waals surface area contributed by atoms with E-state index in [0.717, 1.165) is 10.8 Å². The molecule has 0 bridgehead atoms. The Balaban J connectivity index is 1.99. The van der Waals surface area contributed by atoms with Gasteiger partial charge in [0.05, 0.1) is 11.3 Å². The van der Waals surface area contributed by atoms with E-state index < -0.39 is 11.7 Å². The molecule has 0 aliphatic heterocycles. The molecule has 5 heteroatoms. The summed E-state index contributed by atoms with van der Waals surface area (Å²) in [4.78, 5) is 16.2. The van der Waals surface area contributed by atoms with Crippen LogP contribution >= 0.6 is 11.6 Å². The average molecular weight is 301 g/mol. The first kappa shape index (κ1) is 13.5. The molecule has 0 saturated heterocycles. The second-order valence-corrected chi connectivity index (χ2v) is 4.92. The minimum atomic E-state index is -0.615. The van der Waals surface area contributed by atoms with Crippen LogP contribution in [-0.4, -0.2) is 10.9 Å². The van der Waals surface area contributed by atoms with Gasteiger partial charge in [0.2, 0.25) is 0 Å². The molecule has 2 aromatic carbocycles. The minimum absolute atomic E-state index is 0.0941. The van der Waals surface area contributed by atoms with Crippen LogP contribution in [0.2, 0.25) is 5.02 Å². The number of benzene rings is 2. The molecule has 21 heavy (non-hydrogen) atoms. The molecular formula is C16H10ClFN2O. The summed E-state index contributed by atoms with van der Waals surface area (Å²) < 4.78 is 13.7. The van der Waals surface area contributed by atoms with Crippen molar-refractivity contribution in [1.29, 1.82) is 0 Å². The van der Waals surface area contributed by atoms with Gasteiger partial charge in [-0.25, -0.2) is 4.39 Å². The minimum Gasteiger partial charge on any atom is -0.321 e. The van der Waals surface area contributed by atoms with Gasteiger partial charge in [0.1, 0.15) is 5.82 Å². The van der Waals surface area contributed by atoms with Crippen LogP contribution in [0.4, 0.5) is 10.1 Å². The quantitative estimate of drug-likeness (QED) is 0.767. The molecule has 0 fully saturated rings. The summed E-state index contributed by atoms with van der Waals surface area (Å²) in [5, 5.41) is 4.73. The molecule has 3 aromatic rings. The average Bonchev–Trinajstić information content (AvgIpc) is 2.50. The first-order chi connectivity index (χ1) is 10.1. The van der Waals surface area contributed by atoms with E-state index in [1.54, 1.807) is 18.5 Å². The fourth-order valence-electron chi connectivity index (χ4n) is 2.08. The summed E-state index contributed by atoms with van der Waals surface area (Å²) in [5.41, 5.74) is 0.480. The van der Waals surface area contributed by atoms with E-state index in [1.807, 2.05) is 18.2 Å². The summed E-state index contributed by atoms with van der Waals surface area (Å²) in [7, 11) is 0. The van der Waals surface area contributed by atoms with Crippen molar-refractivity contribution < 1.29 is 9.18 Å². The summed E-state index contributed by atoms with van der Waals surface area (Å²) in [5.74, 6) is -1.17. The van der Waals surface area contributed by atoms with Crippen molar-refractivity contribution in [2.24, 2.45) is 0 Å². The molecule has 0 spiro atoms. The predicted molar refractivity (Wildman–Crippen MR) is 81.1 cm³/mol. The van der Waals surface area contributed by atoms with Crippen molar-refractivity contribution >= 4 is 34.0 Å². The molecule has 0 radical (unpaired) electrons. The Morgan fingerprint density at radius 1 is 1.19 bits per heavy atom. The van der Waals surface area contributed by atoms with Crippen LogP contribution in [0.5, 0.6) is 0 Å². The molecule has 3 nitrogen and oxygen atoms in total. The van der Waals surface area contributed by atoms with Gasteiger partial charge in [-0.1, -0.05) is 23.7 Å². The Labute approximate surface area is 125 Å². The molecule has 3 rings (SSSR count). The molecule has 0 unspecified atom stereocenters. The summed E-state index contributed by atoms with van der Waals surface area (Å²) in [6.07, 6.45) is 3.32. The van der Waals surface area contributed by atoms with Crippen LogP contribution in [0, 0.1) is 5.82 Å². The third-order valence-electron chi connectivity index (χ3n) is 3.10. The van der Waals surface area contributed by atoms with Crippen molar-refractivity contribution in [3.63, 3.8) is 0 Å². The predicted octanol–water partition coefficient (Wildman–Crippen LogP) is 4.28. The van der Waals surface area contributed by atoms with E-state index in [2.05, 4.69) is 10.3 Å². The number of carbonyl (C=O) groups excluding carboxylic acids is 1. The van der Waals surface area contributed by atoms with Crippen LogP contribution in [0.25, 0.3) is 10.8 Å². The van der Waals surface area contributed by atoms with Gasteiger partial charge < -0.3 is 5.32 Å². The van der Waals surface area contributed by atoms with Gasteiger partial charge in [0.25, 0.3) is 5.91 Å². The molecule has 0 aliphatic rings. The number of nitrogens with zero attached hydrogens (tertiary/aromatic N) is 1. The number of hydrogen-bond donors (Lipinski definition) is 1. The van der Waals surface area contributed by atoms with E-state index in [4.69, 9.17) is 11.6 Å². The number of pyridine rings is 1. The number of halogens is 2. The fraction of sp³-hybridized carbons (Fsp3) is 0. The Kier molecular flexibility index (Phi) is 3.54. The maximum Gasteiger partial charge on any atom is 0.258 e. The number of aromatic nitrogens is 1. The lowest BCUT2D eigenvalue weighted by molar-refractivity contribution is 0.102. The second-order valence-electron chi connectivity index (χ2n) is 4.48. The van der Waals surface area contributed by atoms with E-state index >= 15 is 0 Å². The number of rotatable bonds is 2. The van der Waals surface area contributed by atoms with Gasteiger partial charge in [0, 0.05) is 22.8 Å². The summed E-state index contributed by atoms with van der Waals surface area (Å²) in [6.45, 7) is 0. The fourth-order valence-corrected chi connectivity index (χ4v) is 2.26. The van der Waals surface area contributed by atoms with Gasteiger partial charge in [0.15, 0.2) is 0 Å². The molecule has 0 saturated carbocycles. The lowest BCUT2D eigenvalue weighted by Gasteiger charge is -2.09. The van der Waals surface area contributed by atoms with Crippen LogP contribution in [-0.2, 0) is 0 Å². The van der Waals surface area contributed by atoms with E-state index in [-0.39, 0.29) is 5.56 Å². The van der Waals surface area contributed by atoms with Crippen molar-refractivity contribution in [2.75, 3.05) is 5.32 Å². The molecule has 1 heterocycles. The van der Waals surface area contributed by atoms with Crippen molar-refractivity contribution in [3.05, 3.63) is 71.3 Å². The molecule has 0 aliphatic carbocycles. The first-order valence-corrected chi connectivity index (χ1v) is 6.62. The highest BCUT2D eigenvalue weighted by molar-refractivity contribution is 6.31. The Bertz CT molecular complexity index is 830. The summed E-state index contributed by atoms with van der Waals surface area (Å²) in [6, 6.07) is 11.2. The molecule has 1 aromatic heterocycles. The third-order valence-corrected chi connectivity index (χ3v) is 3.34. The smallest absolute Gasteiger partial charge is 0.258 e. The zero-order valence-corrected chi connectivity index (χ0v) is 11.6. The van der Waals surface area contributed by atoms with Gasteiger partial charge in [-0.2, -0.15) is 0 Å². The monoisotopic (exact) mass is 300 g/mol. The first-order valence-electron chi connectivity index (χ1n) is 6.24. The van der Waals surface area contributed by atoms with Gasteiger partial charge in [-0.05, 0) is 35.7 Å². The van der Waals surface area contributed by atoms with Crippen LogP contribution in [0.3, 0.4) is 0 Å². The Morgan fingerprint density at radius 2 is 2.05 bits per heavy atom. The highest BCUT2D eigenvalue weighted by atomic mass is 35.5. The standard InChI is InChI=1S/C16H10ClFN2O/c17-11-4-5-14(18)12(8-11)16(21)20-15-3-1-2-10-6-7-19-9-13(10)15/h1-9H,(H,20,21). The Hall–Kier alpha value is -2.46. The molecule has 1 N–H and O–H groups in total. The molecular weight excluding hydrogens is 291 g/mol. The van der Waals surface area contributed by atoms with E-state index in [9.17, 15) is 9.18 Å². The SMILES string of the molecule is O=C(Nc1cccc2ccncc12)c1cc(Cl)ccc1F. The molecule has 104 valence electrons. The maximum atomic E-state index is 13.7. The van der Waals surface area contributed by atoms with Crippen LogP contribution in [0.1, 0.15) is 10.4 Å². The van der Waals surface area contributed by atoms with Gasteiger partial charge in [-0.15, -0.1) is 0 Å². The lowest BCUT2D eigenvalue weighted by Crippen LogP contribution is -2.14. The molecule has 1 amide bonds. The van der Waals surface area contributed by atoms with Gasteiger partial charge >= 0.3 is 0 Å². The maximum absolute atomic E-state index is 13.7. The third kappa shape index (κ3) is 2.71. The van der Waals surface area contributed by atoms with E-state index in [1.165, 1.54) is 18.2 Å². The van der Waals surface area contributed by atoms with Crippen molar-refractivity contribution in [1.82, 2.24) is 4.98 Å². The van der Waals surface area contributed by atoms with E-state index in [0.29, 0.717) is 10.7 Å². The number of carbonyl (C=O) groups is 1. The largest absolute Gasteiger partial charge is 0.321 e.